The van der Waals surface area contributed by atoms with Gasteiger partial charge in [-0.1, -0.05) is 6.07 Å². The largest absolute Gasteiger partial charge is 0.378 e. The van der Waals surface area contributed by atoms with E-state index in [1.165, 1.54) is 5.56 Å². The molecule has 0 spiro atoms. The van der Waals surface area contributed by atoms with Crippen molar-refractivity contribution in [1.29, 1.82) is 0 Å². The summed E-state index contributed by atoms with van der Waals surface area (Å²) in [6.45, 7) is 2.53. The quantitative estimate of drug-likeness (QED) is 0.844. The lowest BCUT2D eigenvalue weighted by molar-refractivity contribution is -0.115. The van der Waals surface area contributed by atoms with E-state index in [-0.39, 0.29) is 18.1 Å². The zero-order chi connectivity index (χ0) is 17.9. The molecule has 0 saturated carbocycles. The molecule has 2 aliphatic rings. The van der Waals surface area contributed by atoms with Gasteiger partial charge in [-0.2, -0.15) is 0 Å². The van der Waals surface area contributed by atoms with E-state index in [0.29, 0.717) is 6.04 Å². The van der Waals surface area contributed by atoms with Gasteiger partial charge in [0.1, 0.15) is 0 Å². The fraction of sp³-hybridized carbons (Fsp3) is 0.450. The van der Waals surface area contributed by atoms with E-state index in [0.717, 1.165) is 38.0 Å². The van der Waals surface area contributed by atoms with E-state index in [9.17, 15) is 4.79 Å². The van der Waals surface area contributed by atoms with Crippen LogP contribution < -0.4 is 0 Å². The third kappa shape index (κ3) is 3.22. The Morgan fingerprint density at radius 3 is 2.54 bits per heavy atom. The molecular formula is C20H24N4O2. The molecule has 4 rings (SSSR count). The van der Waals surface area contributed by atoms with Gasteiger partial charge in [-0.3, -0.25) is 19.7 Å². The number of hydrogen-bond acceptors (Lipinski definition) is 5. The third-order valence-electron chi connectivity index (χ3n) is 5.58. The number of carbonyl (C=O) groups is 1. The highest BCUT2D eigenvalue weighted by molar-refractivity contribution is 5.94. The van der Waals surface area contributed by atoms with Crippen LogP contribution >= 0.6 is 0 Å². The first-order valence-electron chi connectivity index (χ1n) is 9.15. The molecule has 0 unspecified atom stereocenters. The maximum atomic E-state index is 12.6. The highest BCUT2D eigenvalue weighted by Crippen LogP contribution is 2.39. The Hall–Kier alpha value is -2.31. The summed E-state index contributed by atoms with van der Waals surface area (Å²) >= 11 is 0. The Morgan fingerprint density at radius 1 is 1.12 bits per heavy atom. The Kier molecular flexibility index (Phi) is 4.95. The van der Waals surface area contributed by atoms with Crippen LogP contribution in [-0.4, -0.2) is 64.6 Å². The number of likely N-dealkylation sites (tertiary alicyclic amines) is 2. The van der Waals surface area contributed by atoms with E-state index in [1.54, 1.807) is 37.8 Å². The van der Waals surface area contributed by atoms with Gasteiger partial charge in [-0.25, -0.2) is 0 Å². The molecule has 0 bridgehead atoms. The van der Waals surface area contributed by atoms with Gasteiger partial charge in [-0.05, 0) is 36.6 Å². The van der Waals surface area contributed by atoms with E-state index >= 15 is 0 Å². The van der Waals surface area contributed by atoms with Gasteiger partial charge in [0, 0.05) is 63.1 Å². The summed E-state index contributed by atoms with van der Waals surface area (Å²) < 4.78 is 5.65. The number of pyridine rings is 2. The number of hydrogen-bond donors (Lipinski definition) is 0. The third-order valence-corrected chi connectivity index (χ3v) is 5.58. The summed E-state index contributed by atoms with van der Waals surface area (Å²) in [7, 11) is 1.78. The van der Waals surface area contributed by atoms with Crippen LogP contribution in [0.5, 0.6) is 0 Å². The van der Waals surface area contributed by atoms with E-state index in [4.69, 9.17) is 4.74 Å². The van der Waals surface area contributed by atoms with Crippen LogP contribution in [0, 0.1) is 0 Å². The molecule has 2 fully saturated rings. The second-order valence-corrected chi connectivity index (χ2v) is 6.96. The minimum Gasteiger partial charge on any atom is -0.378 e. The molecule has 2 atom stereocenters. The molecule has 0 aromatic carbocycles. The molecule has 1 amide bonds. The van der Waals surface area contributed by atoms with Crippen LogP contribution in [0.15, 0.2) is 49.1 Å². The summed E-state index contributed by atoms with van der Waals surface area (Å²) in [6.07, 6.45) is 9.28. The summed E-state index contributed by atoms with van der Waals surface area (Å²) in [5, 5.41) is 0. The molecule has 136 valence electrons. The molecule has 0 aliphatic carbocycles. The number of amides is 1. The fourth-order valence-electron chi connectivity index (χ4n) is 4.11. The van der Waals surface area contributed by atoms with Crippen molar-refractivity contribution in [2.24, 2.45) is 0 Å². The van der Waals surface area contributed by atoms with E-state index < -0.39 is 0 Å². The minimum atomic E-state index is 0.105. The molecular weight excluding hydrogens is 328 g/mol. The van der Waals surface area contributed by atoms with Gasteiger partial charge in [0.2, 0.25) is 0 Å². The zero-order valence-electron chi connectivity index (χ0n) is 15.0. The minimum absolute atomic E-state index is 0.105. The van der Waals surface area contributed by atoms with Gasteiger partial charge in [0.05, 0.1) is 12.1 Å². The lowest BCUT2D eigenvalue weighted by Gasteiger charge is -2.52. The average molecular weight is 352 g/mol. The summed E-state index contributed by atoms with van der Waals surface area (Å²) in [4.78, 5) is 25.3. The molecule has 2 aliphatic heterocycles. The van der Waals surface area contributed by atoms with Crippen molar-refractivity contribution in [3.63, 3.8) is 0 Å². The average Bonchev–Trinajstić information content (AvgIpc) is 2.69. The van der Waals surface area contributed by atoms with Crippen molar-refractivity contribution >= 4 is 5.91 Å². The molecule has 26 heavy (non-hydrogen) atoms. The molecule has 2 aromatic heterocycles. The molecule has 4 heterocycles. The zero-order valence-corrected chi connectivity index (χ0v) is 15.0. The van der Waals surface area contributed by atoms with Crippen molar-refractivity contribution in [2.75, 3.05) is 26.7 Å². The first-order chi connectivity index (χ1) is 12.8. The second-order valence-electron chi connectivity index (χ2n) is 6.96. The molecule has 0 N–H and O–H groups in total. The lowest BCUT2D eigenvalue weighted by atomic mass is 9.87. The predicted octanol–water partition coefficient (Wildman–Crippen LogP) is 2.15. The smallest absolute Gasteiger partial charge is 0.253 e. The van der Waals surface area contributed by atoms with Crippen LogP contribution in [0.1, 0.15) is 34.8 Å². The number of methoxy groups -OCH3 is 1. The van der Waals surface area contributed by atoms with Gasteiger partial charge >= 0.3 is 0 Å². The Balaban J connectivity index is 1.39. The van der Waals surface area contributed by atoms with Crippen LogP contribution in [0.2, 0.25) is 0 Å². The van der Waals surface area contributed by atoms with E-state index in [2.05, 4.69) is 20.9 Å². The highest BCUT2D eigenvalue weighted by atomic mass is 16.5. The summed E-state index contributed by atoms with van der Waals surface area (Å²) in [5.41, 5.74) is 1.93. The maximum absolute atomic E-state index is 12.6. The van der Waals surface area contributed by atoms with Crippen molar-refractivity contribution in [3.8, 4) is 0 Å². The number of rotatable bonds is 4. The van der Waals surface area contributed by atoms with E-state index in [1.807, 2.05) is 17.2 Å². The monoisotopic (exact) mass is 352 g/mol. The molecule has 6 nitrogen and oxygen atoms in total. The molecule has 2 aromatic rings. The van der Waals surface area contributed by atoms with Crippen molar-refractivity contribution < 1.29 is 9.53 Å². The second kappa shape index (κ2) is 7.51. The van der Waals surface area contributed by atoms with Crippen LogP contribution in [-0.2, 0) is 4.74 Å². The predicted molar refractivity (Wildman–Crippen MR) is 97.6 cm³/mol. The molecule has 2 saturated heterocycles. The van der Waals surface area contributed by atoms with Gasteiger partial charge in [0.25, 0.3) is 5.91 Å². The molecule has 0 radical (unpaired) electrons. The number of ether oxygens (including phenoxy) is 1. The normalized spacial score (nSPS) is 24.3. The number of carbonyl (C=O) groups excluding carboxylic acids is 1. The Morgan fingerprint density at radius 2 is 1.88 bits per heavy atom. The SMILES string of the molecule is CO[C@H]1CN(C2CCN(C(=O)c3ccncc3)CC2)[C@H]1c1cccnc1. The Bertz CT molecular complexity index is 732. The standard InChI is InChI=1S/C20H24N4O2/c1-26-18-14-24(19(18)16-3-2-8-22-13-16)17-6-11-23(12-7-17)20(25)15-4-9-21-10-5-15/h2-5,8-10,13,17-19H,6-7,11-12,14H2,1H3/t18-,19-/m0/s1. The van der Waals surface area contributed by atoms with Crippen LogP contribution in [0.3, 0.4) is 0 Å². The van der Waals surface area contributed by atoms with Crippen molar-refractivity contribution in [1.82, 2.24) is 19.8 Å². The van der Waals surface area contributed by atoms with Crippen LogP contribution in [0.25, 0.3) is 0 Å². The van der Waals surface area contributed by atoms with Crippen molar-refractivity contribution in [3.05, 3.63) is 60.2 Å². The van der Waals surface area contributed by atoms with Gasteiger partial charge in [-0.15, -0.1) is 0 Å². The fourth-order valence-corrected chi connectivity index (χ4v) is 4.11. The number of nitrogens with zero attached hydrogens (tertiary/aromatic N) is 4. The number of aromatic nitrogens is 2. The maximum Gasteiger partial charge on any atom is 0.253 e. The first-order valence-corrected chi connectivity index (χ1v) is 9.15. The molecule has 6 heteroatoms. The topological polar surface area (TPSA) is 58.6 Å². The summed E-state index contributed by atoms with van der Waals surface area (Å²) in [5.74, 6) is 0.105. The van der Waals surface area contributed by atoms with Gasteiger partial charge < -0.3 is 9.64 Å². The number of piperidine rings is 1. The lowest BCUT2D eigenvalue weighted by Crippen LogP contribution is -2.60. The highest BCUT2D eigenvalue weighted by Gasteiger charge is 2.44. The summed E-state index contributed by atoms with van der Waals surface area (Å²) in [6, 6.07) is 8.41. The first kappa shape index (κ1) is 17.1. The van der Waals surface area contributed by atoms with Crippen LogP contribution in [0.4, 0.5) is 0 Å². The van der Waals surface area contributed by atoms with Crippen molar-refractivity contribution in [2.45, 2.75) is 31.0 Å². The van der Waals surface area contributed by atoms with Gasteiger partial charge in [0.15, 0.2) is 0 Å². The Labute approximate surface area is 153 Å².